The third-order valence-electron chi connectivity index (χ3n) is 4.60. The van der Waals surface area contributed by atoms with Gasteiger partial charge in [-0.1, -0.05) is 30.3 Å². The van der Waals surface area contributed by atoms with Crippen molar-refractivity contribution in [2.24, 2.45) is 0 Å². The first-order valence-electron chi connectivity index (χ1n) is 9.53. The number of para-hydroxylation sites is 1. The van der Waals surface area contributed by atoms with E-state index in [1.807, 2.05) is 6.07 Å². The van der Waals surface area contributed by atoms with Crippen LogP contribution < -0.4 is 5.32 Å². The van der Waals surface area contributed by atoms with Gasteiger partial charge in [-0.2, -0.15) is 0 Å². The summed E-state index contributed by atoms with van der Waals surface area (Å²) >= 11 is 0. The maximum absolute atomic E-state index is 12.8. The first-order valence-corrected chi connectivity index (χ1v) is 9.53. The van der Waals surface area contributed by atoms with Crippen LogP contribution in [0.4, 0.5) is 5.69 Å². The van der Waals surface area contributed by atoms with Gasteiger partial charge in [-0.25, -0.2) is 9.78 Å². The van der Waals surface area contributed by atoms with E-state index in [0.717, 1.165) is 0 Å². The molecule has 4 rings (SSSR count). The molecule has 0 aliphatic carbocycles. The van der Waals surface area contributed by atoms with Gasteiger partial charge in [-0.15, -0.1) is 0 Å². The van der Waals surface area contributed by atoms with Crippen molar-refractivity contribution >= 4 is 34.3 Å². The number of carbonyl (C=O) groups excluding carboxylic acids is 3. The summed E-state index contributed by atoms with van der Waals surface area (Å²) in [5, 5.41) is 3.23. The number of pyridine rings is 1. The van der Waals surface area contributed by atoms with Crippen LogP contribution in [0.2, 0.25) is 0 Å². The predicted molar refractivity (Wildman–Crippen MR) is 115 cm³/mol. The second-order valence-electron chi connectivity index (χ2n) is 6.81. The molecule has 0 saturated heterocycles. The maximum Gasteiger partial charge on any atom is 0.339 e. The number of Topliss-reactive ketones (excluding diaryl/α,β-unsaturated/α-hetero) is 1. The zero-order valence-corrected chi connectivity index (χ0v) is 16.6. The number of hydrogen-bond donors (Lipinski definition) is 1. The Labute approximate surface area is 177 Å². The Hall–Kier alpha value is -4.26. The number of nitrogens with zero attached hydrogens (tertiary/aromatic N) is 1. The number of anilines is 1. The quantitative estimate of drug-likeness (QED) is 0.369. The predicted octanol–water partition coefficient (Wildman–Crippen LogP) is 4.49. The molecule has 0 spiro atoms. The van der Waals surface area contributed by atoms with Crippen LogP contribution in [0, 0.1) is 0 Å². The van der Waals surface area contributed by atoms with E-state index in [2.05, 4.69) is 10.3 Å². The van der Waals surface area contributed by atoms with E-state index in [1.165, 1.54) is 13.2 Å². The highest BCUT2D eigenvalue weighted by Gasteiger charge is 2.17. The molecule has 7 nitrogen and oxygen atoms in total. The molecule has 0 fully saturated rings. The van der Waals surface area contributed by atoms with Crippen LogP contribution in [0.25, 0.3) is 22.4 Å². The summed E-state index contributed by atoms with van der Waals surface area (Å²) in [6.07, 6.45) is 1.52. The molecule has 154 valence electrons. The zero-order valence-electron chi connectivity index (χ0n) is 16.6. The fraction of sp³-hybridized carbons (Fsp3) is 0.0833. The van der Waals surface area contributed by atoms with Gasteiger partial charge in [0.2, 0.25) is 0 Å². The smallest absolute Gasteiger partial charge is 0.339 e. The molecule has 0 aliphatic heterocycles. The van der Waals surface area contributed by atoms with Crippen LogP contribution in [0.3, 0.4) is 0 Å². The van der Waals surface area contributed by atoms with Gasteiger partial charge in [0.15, 0.2) is 18.2 Å². The van der Waals surface area contributed by atoms with Gasteiger partial charge in [0.1, 0.15) is 5.69 Å². The number of fused-ring (bicyclic) bond motifs is 1. The van der Waals surface area contributed by atoms with Gasteiger partial charge in [0.05, 0.1) is 17.3 Å². The summed E-state index contributed by atoms with van der Waals surface area (Å²) in [6.45, 7) is 0.967. The fourth-order valence-electron chi connectivity index (χ4n) is 3.12. The number of amides is 1. The standard InChI is InChI=1S/C24H18N2O5/c1-15(27)16-6-4-7-17(12-16)25-23(28)14-31-24(29)19-13-21(22-10-5-11-30-22)26-20-9-3-2-8-18(19)20/h2-13H,14H2,1H3,(H,25,28). The van der Waals surface area contributed by atoms with Gasteiger partial charge < -0.3 is 14.5 Å². The number of ether oxygens (including phenoxy) is 1. The maximum atomic E-state index is 12.8. The molecule has 2 heterocycles. The normalized spacial score (nSPS) is 10.6. The van der Waals surface area contributed by atoms with Crippen LogP contribution in [0.5, 0.6) is 0 Å². The lowest BCUT2D eigenvalue weighted by Crippen LogP contribution is -2.21. The summed E-state index contributed by atoms with van der Waals surface area (Å²) in [6, 6.07) is 18.8. The van der Waals surface area contributed by atoms with Crippen molar-refractivity contribution < 1.29 is 23.5 Å². The van der Waals surface area contributed by atoms with Crippen LogP contribution in [0.1, 0.15) is 27.6 Å². The lowest BCUT2D eigenvalue weighted by molar-refractivity contribution is -0.119. The monoisotopic (exact) mass is 414 g/mol. The van der Waals surface area contributed by atoms with Crippen molar-refractivity contribution in [3.8, 4) is 11.5 Å². The van der Waals surface area contributed by atoms with Crippen molar-refractivity contribution in [1.82, 2.24) is 4.98 Å². The highest BCUT2D eigenvalue weighted by Crippen LogP contribution is 2.25. The van der Waals surface area contributed by atoms with Gasteiger partial charge in [-0.05, 0) is 43.3 Å². The Kier molecular flexibility index (Phi) is 5.57. The lowest BCUT2D eigenvalue weighted by Gasteiger charge is -2.10. The number of ketones is 1. The van der Waals surface area contributed by atoms with Crippen molar-refractivity contribution in [1.29, 1.82) is 0 Å². The molecule has 1 amide bonds. The number of nitrogens with one attached hydrogen (secondary N) is 1. The molecular formula is C24H18N2O5. The van der Waals surface area contributed by atoms with Crippen molar-refractivity contribution in [3.05, 3.63) is 84.1 Å². The highest BCUT2D eigenvalue weighted by molar-refractivity contribution is 6.05. The van der Waals surface area contributed by atoms with E-state index < -0.39 is 18.5 Å². The average Bonchev–Trinajstić information content (AvgIpc) is 3.32. The minimum absolute atomic E-state index is 0.112. The van der Waals surface area contributed by atoms with Crippen LogP contribution in [0.15, 0.2) is 77.4 Å². The molecule has 31 heavy (non-hydrogen) atoms. The van der Waals surface area contributed by atoms with Gasteiger partial charge in [-0.3, -0.25) is 9.59 Å². The number of aromatic nitrogens is 1. The van der Waals surface area contributed by atoms with E-state index in [1.54, 1.807) is 60.7 Å². The van der Waals surface area contributed by atoms with E-state index in [9.17, 15) is 14.4 Å². The summed E-state index contributed by atoms with van der Waals surface area (Å²) in [5.41, 5.74) is 2.30. The van der Waals surface area contributed by atoms with Crippen LogP contribution in [-0.4, -0.2) is 29.3 Å². The summed E-state index contributed by atoms with van der Waals surface area (Å²) in [5.74, 6) is -0.764. The average molecular weight is 414 g/mol. The Balaban J connectivity index is 1.51. The molecule has 4 aromatic rings. The largest absolute Gasteiger partial charge is 0.463 e. The molecule has 0 aliphatic rings. The highest BCUT2D eigenvalue weighted by atomic mass is 16.5. The molecule has 7 heteroatoms. The Morgan fingerprint density at radius 3 is 2.61 bits per heavy atom. The van der Waals surface area contributed by atoms with Crippen LogP contribution in [-0.2, 0) is 9.53 Å². The number of benzene rings is 2. The molecular weight excluding hydrogens is 396 g/mol. The topological polar surface area (TPSA) is 98.5 Å². The second kappa shape index (κ2) is 8.62. The molecule has 0 saturated carbocycles. The van der Waals surface area contributed by atoms with Crippen LogP contribution >= 0.6 is 0 Å². The third-order valence-corrected chi connectivity index (χ3v) is 4.60. The fourth-order valence-corrected chi connectivity index (χ4v) is 3.12. The SMILES string of the molecule is CC(=O)c1cccc(NC(=O)COC(=O)c2cc(-c3ccco3)nc3ccccc23)c1. The number of esters is 1. The number of rotatable bonds is 6. The Morgan fingerprint density at radius 2 is 1.84 bits per heavy atom. The molecule has 0 radical (unpaired) electrons. The number of hydrogen-bond acceptors (Lipinski definition) is 6. The van der Waals surface area contributed by atoms with Gasteiger partial charge in [0.25, 0.3) is 5.91 Å². The Bertz CT molecular complexity index is 1280. The summed E-state index contributed by atoms with van der Waals surface area (Å²) in [4.78, 5) is 41.0. The Morgan fingerprint density at radius 1 is 1.00 bits per heavy atom. The second-order valence-corrected chi connectivity index (χ2v) is 6.81. The summed E-state index contributed by atoms with van der Waals surface area (Å²) < 4.78 is 10.6. The molecule has 1 N–H and O–H groups in total. The van der Waals surface area contributed by atoms with Crippen molar-refractivity contribution in [2.75, 3.05) is 11.9 Å². The first kappa shape index (κ1) is 20.0. The summed E-state index contributed by atoms with van der Waals surface area (Å²) in [7, 11) is 0. The minimum Gasteiger partial charge on any atom is -0.463 e. The molecule has 0 atom stereocenters. The number of carbonyl (C=O) groups is 3. The molecule has 0 bridgehead atoms. The third kappa shape index (κ3) is 4.51. The van der Waals surface area contributed by atoms with E-state index in [-0.39, 0.29) is 11.3 Å². The van der Waals surface area contributed by atoms with E-state index in [0.29, 0.717) is 33.6 Å². The van der Waals surface area contributed by atoms with Gasteiger partial charge >= 0.3 is 5.97 Å². The lowest BCUT2D eigenvalue weighted by atomic mass is 10.1. The van der Waals surface area contributed by atoms with Crippen molar-refractivity contribution in [3.63, 3.8) is 0 Å². The van der Waals surface area contributed by atoms with Crippen molar-refractivity contribution in [2.45, 2.75) is 6.92 Å². The molecule has 2 aromatic carbocycles. The van der Waals surface area contributed by atoms with E-state index in [4.69, 9.17) is 9.15 Å². The van der Waals surface area contributed by atoms with Gasteiger partial charge in [0, 0.05) is 16.6 Å². The minimum atomic E-state index is -0.654. The van der Waals surface area contributed by atoms with E-state index >= 15 is 0 Å². The number of furan rings is 1. The molecule has 2 aromatic heterocycles. The zero-order chi connectivity index (χ0) is 21.8. The molecule has 0 unspecified atom stereocenters. The first-order chi connectivity index (χ1) is 15.0.